The minimum absolute atomic E-state index is 0.0997. The highest BCUT2D eigenvalue weighted by Gasteiger charge is 2.40. The molecule has 11 heteroatoms. The summed E-state index contributed by atoms with van der Waals surface area (Å²) in [5.41, 5.74) is 3.41. The highest BCUT2D eigenvalue weighted by atomic mass is 79.9. The number of ketones is 1. The predicted molar refractivity (Wildman–Crippen MR) is 148 cm³/mol. The van der Waals surface area contributed by atoms with Crippen LogP contribution < -0.4 is 5.32 Å². The Kier molecular flexibility index (Phi) is 7.26. The second-order valence-electron chi connectivity index (χ2n) is 9.63. The number of nitrogens with one attached hydrogen (secondary N) is 1. The number of rotatable bonds is 6. The molecule has 1 saturated heterocycles. The smallest absolute Gasteiger partial charge is 0.248 e. The lowest BCUT2D eigenvalue weighted by Gasteiger charge is -2.24. The maximum Gasteiger partial charge on any atom is 0.248 e. The molecule has 9 nitrogen and oxygen atoms in total. The second kappa shape index (κ2) is 10.6. The number of aryl methyl sites for hydroxylation is 2. The van der Waals surface area contributed by atoms with E-state index in [1.54, 1.807) is 49.0 Å². The fourth-order valence-corrected chi connectivity index (χ4v) is 5.17. The molecule has 3 aromatic heterocycles. The summed E-state index contributed by atoms with van der Waals surface area (Å²) in [6.07, 6.45) is 1.88. The summed E-state index contributed by atoms with van der Waals surface area (Å²) in [5.74, 6) is -0.0908. The lowest BCUT2D eigenvalue weighted by atomic mass is 10.1. The number of Topliss-reactive ketones (excluding diaryl/α,β-unsaturated/α-hetero) is 1. The van der Waals surface area contributed by atoms with Gasteiger partial charge < -0.3 is 14.8 Å². The Morgan fingerprint density at radius 3 is 2.67 bits per heavy atom. The molecule has 0 saturated carbocycles. The van der Waals surface area contributed by atoms with Crippen molar-refractivity contribution in [2.45, 2.75) is 46.0 Å². The first-order chi connectivity index (χ1) is 18.6. The van der Waals surface area contributed by atoms with Crippen LogP contribution in [0.4, 0.5) is 10.2 Å². The van der Waals surface area contributed by atoms with Crippen LogP contribution in [0.2, 0.25) is 0 Å². The third-order valence-electron chi connectivity index (χ3n) is 6.82. The molecule has 0 spiro atoms. The molecule has 1 aromatic carbocycles. The number of carbonyl (C=O) groups is 3. The van der Waals surface area contributed by atoms with Crippen LogP contribution in [-0.4, -0.2) is 60.8 Å². The number of nitrogens with zero attached hydrogens (tertiary/aromatic N) is 5. The average molecular weight is 593 g/mol. The molecule has 4 aromatic rings. The first kappa shape index (κ1) is 26.6. The number of pyridine rings is 1. The molecule has 0 aliphatic carbocycles. The number of halogens is 2. The molecular weight excluding hydrogens is 567 g/mol. The monoisotopic (exact) mass is 592 g/mol. The minimum Gasteiger partial charge on any atom is -0.337 e. The number of carbonyl (C=O) groups excluding carboxylic acids is 3. The van der Waals surface area contributed by atoms with Crippen molar-refractivity contribution in [2.75, 3.05) is 11.9 Å². The van der Waals surface area contributed by atoms with Crippen molar-refractivity contribution < 1.29 is 18.8 Å². The van der Waals surface area contributed by atoms with Gasteiger partial charge in [-0.25, -0.2) is 19.3 Å². The zero-order valence-electron chi connectivity index (χ0n) is 21.6. The molecule has 1 N–H and O–H groups in total. The van der Waals surface area contributed by atoms with Crippen molar-refractivity contribution in [1.29, 1.82) is 0 Å². The van der Waals surface area contributed by atoms with E-state index in [0.29, 0.717) is 32.7 Å². The molecule has 0 bridgehead atoms. The number of fused-ring (bicyclic) bond motifs is 1. The van der Waals surface area contributed by atoms with Gasteiger partial charge in [0.25, 0.3) is 0 Å². The van der Waals surface area contributed by atoms with E-state index >= 15 is 0 Å². The number of alkyl halides is 1. The lowest BCUT2D eigenvalue weighted by Crippen LogP contribution is -2.44. The average Bonchev–Trinajstić information content (AvgIpc) is 3.47. The van der Waals surface area contributed by atoms with Crippen molar-refractivity contribution in [2.24, 2.45) is 0 Å². The zero-order chi connectivity index (χ0) is 27.8. The summed E-state index contributed by atoms with van der Waals surface area (Å²) in [4.78, 5) is 53.1. The van der Waals surface area contributed by atoms with Crippen molar-refractivity contribution in [3.63, 3.8) is 0 Å². The number of benzene rings is 1. The van der Waals surface area contributed by atoms with Gasteiger partial charge in [0.15, 0.2) is 5.78 Å². The fraction of sp³-hybridized carbons (Fsp3) is 0.286. The second-order valence-corrected chi connectivity index (χ2v) is 10.4. The standard InChI is InChI=1S/C28H26BrFN6O3/c1-15-4-7-25(29)33-27(15)34-28(39)24-11-19(30)12-36(24)26(38)14-35-13-21(16(2)37)20-10-18(5-6-23(20)35)22-8-9-31-17(3)32-22/h4-10,13,19,24H,11-12,14H2,1-3H3,(H,33,34,39)/t19-,24+/m1/s1. The van der Waals surface area contributed by atoms with Crippen molar-refractivity contribution in [1.82, 2.24) is 24.4 Å². The molecule has 2 amide bonds. The zero-order valence-corrected chi connectivity index (χ0v) is 23.2. The van der Waals surface area contributed by atoms with E-state index < -0.39 is 24.0 Å². The van der Waals surface area contributed by atoms with Gasteiger partial charge in [-0.3, -0.25) is 14.4 Å². The Bertz CT molecular complexity index is 1620. The molecule has 39 heavy (non-hydrogen) atoms. The molecule has 1 aliphatic rings. The first-order valence-corrected chi connectivity index (χ1v) is 13.2. The molecule has 1 aliphatic heterocycles. The van der Waals surface area contributed by atoms with Crippen LogP contribution in [0.1, 0.15) is 35.1 Å². The van der Waals surface area contributed by atoms with E-state index in [9.17, 15) is 18.8 Å². The van der Waals surface area contributed by atoms with Gasteiger partial charge in [0.05, 0.1) is 12.2 Å². The van der Waals surface area contributed by atoms with Gasteiger partial charge in [-0.15, -0.1) is 0 Å². The van der Waals surface area contributed by atoms with Gasteiger partial charge in [0, 0.05) is 40.8 Å². The van der Waals surface area contributed by atoms with E-state index in [0.717, 1.165) is 16.8 Å². The Balaban J connectivity index is 1.42. The summed E-state index contributed by atoms with van der Waals surface area (Å²) in [7, 11) is 0. The van der Waals surface area contributed by atoms with Crippen molar-refractivity contribution in [3.05, 3.63) is 70.3 Å². The van der Waals surface area contributed by atoms with Crippen LogP contribution in [-0.2, 0) is 16.1 Å². The Labute approximate surface area is 232 Å². The highest BCUT2D eigenvalue weighted by molar-refractivity contribution is 9.10. The van der Waals surface area contributed by atoms with Crippen LogP contribution in [0.5, 0.6) is 0 Å². The molecular formula is C28H26BrFN6O3. The minimum atomic E-state index is -1.32. The fourth-order valence-electron chi connectivity index (χ4n) is 4.86. The molecule has 0 unspecified atom stereocenters. The van der Waals surface area contributed by atoms with Crippen molar-refractivity contribution in [3.8, 4) is 11.3 Å². The summed E-state index contributed by atoms with van der Waals surface area (Å²) >= 11 is 3.28. The first-order valence-electron chi connectivity index (χ1n) is 12.4. The van der Waals surface area contributed by atoms with E-state index in [4.69, 9.17) is 0 Å². The van der Waals surface area contributed by atoms with Crippen LogP contribution in [0.3, 0.4) is 0 Å². The largest absolute Gasteiger partial charge is 0.337 e. The van der Waals surface area contributed by atoms with Gasteiger partial charge in [-0.2, -0.15) is 0 Å². The van der Waals surface area contributed by atoms with Gasteiger partial charge in [-0.05, 0) is 66.5 Å². The molecule has 2 atom stereocenters. The summed E-state index contributed by atoms with van der Waals surface area (Å²) in [5, 5.41) is 3.41. The van der Waals surface area contributed by atoms with Crippen LogP contribution >= 0.6 is 15.9 Å². The van der Waals surface area contributed by atoms with E-state index in [1.807, 2.05) is 18.2 Å². The van der Waals surface area contributed by atoms with E-state index in [2.05, 4.69) is 36.2 Å². The van der Waals surface area contributed by atoms with Gasteiger partial charge in [-0.1, -0.05) is 12.1 Å². The number of hydrogen-bond donors (Lipinski definition) is 1. The number of anilines is 1. The normalized spacial score (nSPS) is 17.0. The summed E-state index contributed by atoms with van der Waals surface area (Å²) < 4.78 is 16.7. The third kappa shape index (κ3) is 5.44. The van der Waals surface area contributed by atoms with E-state index in [1.165, 1.54) is 11.8 Å². The maximum absolute atomic E-state index is 14.5. The Hall–Kier alpha value is -3.99. The molecule has 1 fully saturated rings. The molecule has 4 heterocycles. The topological polar surface area (TPSA) is 110 Å². The van der Waals surface area contributed by atoms with Gasteiger partial charge in [0.2, 0.25) is 11.8 Å². The number of amides is 2. The predicted octanol–water partition coefficient (Wildman–Crippen LogP) is 4.65. The maximum atomic E-state index is 14.5. The number of hydrogen-bond acceptors (Lipinski definition) is 6. The number of aromatic nitrogens is 4. The quantitative estimate of drug-likeness (QED) is 0.258. The Morgan fingerprint density at radius 2 is 1.92 bits per heavy atom. The number of likely N-dealkylation sites (tertiary alicyclic amines) is 1. The van der Waals surface area contributed by atoms with Crippen LogP contribution in [0, 0.1) is 13.8 Å². The summed E-state index contributed by atoms with van der Waals surface area (Å²) in [6, 6.07) is 9.92. The summed E-state index contributed by atoms with van der Waals surface area (Å²) in [6.45, 7) is 4.73. The molecule has 200 valence electrons. The van der Waals surface area contributed by atoms with Crippen molar-refractivity contribution >= 4 is 50.2 Å². The molecule has 5 rings (SSSR count). The van der Waals surface area contributed by atoms with Crippen LogP contribution in [0.15, 0.2) is 53.4 Å². The lowest BCUT2D eigenvalue weighted by molar-refractivity contribution is -0.137. The van der Waals surface area contributed by atoms with Crippen LogP contribution in [0.25, 0.3) is 22.2 Å². The molecule has 0 radical (unpaired) electrons. The third-order valence-corrected chi connectivity index (χ3v) is 7.26. The Morgan fingerprint density at radius 1 is 1.13 bits per heavy atom. The van der Waals surface area contributed by atoms with Gasteiger partial charge >= 0.3 is 0 Å². The van der Waals surface area contributed by atoms with E-state index in [-0.39, 0.29) is 25.3 Å². The highest BCUT2D eigenvalue weighted by Crippen LogP contribution is 2.29. The SMILES string of the molecule is CC(=O)c1cn(CC(=O)N2C[C@H](F)C[C@H]2C(=O)Nc2nc(Br)ccc2C)c2ccc(-c3ccnc(C)n3)cc12. The van der Waals surface area contributed by atoms with Gasteiger partial charge in [0.1, 0.15) is 35.0 Å².